The van der Waals surface area contributed by atoms with Crippen LogP contribution in [-0.2, 0) is 16.0 Å². The predicted octanol–water partition coefficient (Wildman–Crippen LogP) is 3.02. The summed E-state index contributed by atoms with van der Waals surface area (Å²) in [4.78, 5) is 32.6. The van der Waals surface area contributed by atoms with Gasteiger partial charge in [0, 0.05) is 50.8 Å². The van der Waals surface area contributed by atoms with Gasteiger partial charge in [-0.3, -0.25) is 9.78 Å². The molecule has 2 amide bonds. The molecular formula is C20H29N3O3. The van der Waals surface area contributed by atoms with Crippen LogP contribution in [0.3, 0.4) is 0 Å². The van der Waals surface area contributed by atoms with Gasteiger partial charge in [-0.25, -0.2) is 4.79 Å². The van der Waals surface area contributed by atoms with Gasteiger partial charge in [-0.1, -0.05) is 19.4 Å². The third kappa shape index (κ3) is 4.17. The zero-order valence-electron chi connectivity index (χ0n) is 15.8. The van der Waals surface area contributed by atoms with E-state index in [1.807, 2.05) is 28.1 Å². The fraction of sp³-hybridized carbons (Fsp3) is 0.650. The SMILES string of the molecule is CCC[C@@H](C)N1CC2(CCN(C(=O)CCc3cccnc3)CC2)OC1=O. The van der Waals surface area contributed by atoms with Crippen molar-refractivity contribution in [1.29, 1.82) is 0 Å². The number of hydrogen-bond acceptors (Lipinski definition) is 4. The summed E-state index contributed by atoms with van der Waals surface area (Å²) in [6.07, 6.45) is 8.07. The van der Waals surface area contributed by atoms with Gasteiger partial charge in [-0.05, 0) is 31.4 Å². The molecule has 2 aliphatic rings. The van der Waals surface area contributed by atoms with Crippen LogP contribution in [0.2, 0.25) is 0 Å². The number of pyridine rings is 1. The molecule has 3 rings (SSSR count). The lowest BCUT2D eigenvalue weighted by molar-refractivity contribution is -0.134. The topological polar surface area (TPSA) is 62.7 Å². The molecule has 0 aromatic carbocycles. The van der Waals surface area contributed by atoms with Crippen molar-refractivity contribution in [3.63, 3.8) is 0 Å². The van der Waals surface area contributed by atoms with Crippen LogP contribution in [0.15, 0.2) is 24.5 Å². The Morgan fingerprint density at radius 3 is 2.81 bits per heavy atom. The zero-order valence-corrected chi connectivity index (χ0v) is 15.8. The van der Waals surface area contributed by atoms with E-state index in [2.05, 4.69) is 18.8 Å². The van der Waals surface area contributed by atoms with E-state index in [9.17, 15) is 9.59 Å². The van der Waals surface area contributed by atoms with Crippen LogP contribution in [0, 0.1) is 0 Å². The fourth-order valence-corrected chi connectivity index (χ4v) is 3.94. The number of nitrogens with zero attached hydrogens (tertiary/aromatic N) is 3. The molecular weight excluding hydrogens is 330 g/mol. The minimum Gasteiger partial charge on any atom is -0.441 e. The summed E-state index contributed by atoms with van der Waals surface area (Å²) in [6.45, 7) is 6.19. The second-order valence-electron chi connectivity index (χ2n) is 7.56. The maximum atomic E-state index is 12.5. The second-order valence-corrected chi connectivity index (χ2v) is 7.56. The molecule has 0 saturated carbocycles. The van der Waals surface area contributed by atoms with Crippen LogP contribution in [0.5, 0.6) is 0 Å². The number of likely N-dealkylation sites (tertiary alicyclic amines) is 1. The van der Waals surface area contributed by atoms with Gasteiger partial charge < -0.3 is 14.5 Å². The Hall–Kier alpha value is -2.11. The first-order valence-electron chi connectivity index (χ1n) is 9.69. The summed E-state index contributed by atoms with van der Waals surface area (Å²) in [6, 6.07) is 4.10. The van der Waals surface area contributed by atoms with Gasteiger partial charge in [0.05, 0.1) is 6.54 Å². The highest BCUT2D eigenvalue weighted by molar-refractivity contribution is 5.76. The van der Waals surface area contributed by atoms with Crippen molar-refractivity contribution in [2.75, 3.05) is 19.6 Å². The Morgan fingerprint density at radius 1 is 1.38 bits per heavy atom. The number of rotatable bonds is 6. The number of hydrogen-bond donors (Lipinski definition) is 0. The molecule has 2 saturated heterocycles. The highest BCUT2D eigenvalue weighted by Crippen LogP contribution is 2.34. The number of ether oxygens (including phenoxy) is 1. The largest absolute Gasteiger partial charge is 0.441 e. The number of aryl methyl sites for hydroxylation is 1. The Kier molecular flexibility index (Phi) is 5.79. The van der Waals surface area contributed by atoms with Crippen molar-refractivity contribution in [3.05, 3.63) is 30.1 Å². The average Bonchev–Trinajstić information content (AvgIpc) is 2.97. The lowest BCUT2D eigenvalue weighted by atomic mass is 9.90. The van der Waals surface area contributed by atoms with Gasteiger partial charge in [0.1, 0.15) is 5.60 Å². The highest BCUT2D eigenvalue weighted by atomic mass is 16.6. The first kappa shape index (κ1) is 18.7. The van der Waals surface area contributed by atoms with Crippen molar-refractivity contribution < 1.29 is 14.3 Å². The number of carbonyl (C=O) groups excluding carboxylic acids is 2. The number of piperidine rings is 1. The zero-order chi connectivity index (χ0) is 18.6. The van der Waals surface area contributed by atoms with Crippen LogP contribution in [0.25, 0.3) is 0 Å². The molecule has 2 aliphatic heterocycles. The summed E-state index contributed by atoms with van der Waals surface area (Å²) in [7, 11) is 0. The van der Waals surface area contributed by atoms with Crippen molar-refractivity contribution >= 4 is 12.0 Å². The lowest BCUT2D eigenvalue weighted by Crippen LogP contribution is -2.49. The van der Waals surface area contributed by atoms with Crippen LogP contribution >= 0.6 is 0 Å². The number of amides is 2. The van der Waals surface area contributed by atoms with Gasteiger partial charge in [0.25, 0.3) is 0 Å². The van der Waals surface area contributed by atoms with Crippen molar-refractivity contribution in [2.45, 2.75) is 64.0 Å². The molecule has 0 aliphatic carbocycles. The highest BCUT2D eigenvalue weighted by Gasteiger charge is 2.48. The number of carbonyl (C=O) groups is 2. The minimum atomic E-state index is -0.404. The Labute approximate surface area is 155 Å². The van der Waals surface area contributed by atoms with Gasteiger partial charge in [-0.2, -0.15) is 0 Å². The van der Waals surface area contributed by atoms with Gasteiger partial charge in [0.2, 0.25) is 5.91 Å². The molecule has 2 fully saturated rings. The average molecular weight is 359 g/mol. The molecule has 6 heteroatoms. The third-order valence-corrected chi connectivity index (χ3v) is 5.61. The van der Waals surface area contributed by atoms with E-state index in [1.54, 1.807) is 6.20 Å². The lowest BCUT2D eigenvalue weighted by Gasteiger charge is -2.37. The molecule has 1 aromatic rings. The quantitative estimate of drug-likeness (QED) is 0.783. The molecule has 142 valence electrons. The predicted molar refractivity (Wildman–Crippen MR) is 98.7 cm³/mol. The van der Waals surface area contributed by atoms with Gasteiger partial charge in [-0.15, -0.1) is 0 Å². The fourth-order valence-electron chi connectivity index (χ4n) is 3.94. The van der Waals surface area contributed by atoms with E-state index in [-0.39, 0.29) is 18.0 Å². The summed E-state index contributed by atoms with van der Waals surface area (Å²) in [5.41, 5.74) is 0.679. The monoisotopic (exact) mass is 359 g/mol. The second kappa shape index (κ2) is 8.06. The van der Waals surface area contributed by atoms with Crippen LogP contribution < -0.4 is 0 Å². The van der Waals surface area contributed by atoms with E-state index in [4.69, 9.17) is 4.74 Å². The summed E-state index contributed by atoms with van der Waals surface area (Å²) < 4.78 is 5.77. The smallest absolute Gasteiger partial charge is 0.410 e. The minimum absolute atomic E-state index is 0.171. The Balaban J connectivity index is 1.49. The molecule has 0 unspecified atom stereocenters. The standard InChI is InChI=1S/C20H29N3O3/c1-3-5-16(2)23-15-20(26-19(23)25)9-12-22(13-10-20)18(24)8-7-17-6-4-11-21-14-17/h4,6,11,14,16H,3,5,7-10,12-13,15H2,1-2H3/t16-/m1/s1. The van der Waals surface area contributed by atoms with E-state index >= 15 is 0 Å². The van der Waals surface area contributed by atoms with Crippen LogP contribution in [0.4, 0.5) is 4.79 Å². The first-order chi connectivity index (χ1) is 12.5. The van der Waals surface area contributed by atoms with Crippen molar-refractivity contribution in [3.8, 4) is 0 Å². The van der Waals surface area contributed by atoms with E-state index in [0.717, 1.165) is 31.2 Å². The van der Waals surface area contributed by atoms with Crippen LogP contribution in [0.1, 0.15) is 51.5 Å². The molecule has 3 heterocycles. The van der Waals surface area contributed by atoms with E-state index < -0.39 is 5.60 Å². The normalized spacial score (nSPS) is 20.3. The van der Waals surface area contributed by atoms with Crippen LogP contribution in [-0.4, -0.2) is 58.1 Å². The third-order valence-electron chi connectivity index (χ3n) is 5.61. The molecule has 0 bridgehead atoms. The molecule has 26 heavy (non-hydrogen) atoms. The van der Waals surface area contributed by atoms with Gasteiger partial charge >= 0.3 is 6.09 Å². The van der Waals surface area contributed by atoms with Crippen molar-refractivity contribution in [2.24, 2.45) is 0 Å². The molecule has 6 nitrogen and oxygen atoms in total. The summed E-state index contributed by atoms with van der Waals surface area (Å²) in [5.74, 6) is 0.171. The molecule has 0 N–H and O–H groups in total. The maximum Gasteiger partial charge on any atom is 0.410 e. The Bertz CT molecular complexity index is 626. The molecule has 1 aromatic heterocycles. The molecule has 1 spiro atoms. The van der Waals surface area contributed by atoms with Gasteiger partial charge in [0.15, 0.2) is 0 Å². The maximum absolute atomic E-state index is 12.5. The summed E-state index contributed by atoms with van der Waals surface area (Å²) >= 11 is 0. The molecule has 0 radical (unpaired) electrons. The number of aromatic nitrogens is 1. The Morgan fingerprint density at radius 2 is 2.15 bits per heavy atom. The molecule has 1 atom stereocenters. The van der Waals surface area contributed by atoms with E-state index in [0.29, 0.717) is 32.5 Å². The first-order valence-corrected chi connectivity index (χ1v) is 9.69. The summed E-state index contributed by atoms with van der Waals surface area (Å²) in [5, 5.41) is 0. The van der Waals surface area contributed by atoms with Crippen molar-refractivity contribution in [1.82, 2.24) is 14.8 Å². The van der Waals surface area contributed by atoms with E-state index in [1.165, 1.54) is 0 Å².